The van der Waals surface area contributed by atoms with E-state index in [9.17, 15) is 44.7 Å². The van der Waals surface area contributed by atoms with Crippen LogP contribution in [0.3, 0.4) is 0 Å². The zero-order chi connectivity index (χ0) is 68.9. The van der Waals surface area contributed by atoms with Crippen molar-refractivity contribution < 1.29 is 67.0 Å². The number of aldehydes is 1. The quantitative estimate of drug-likeness (QED) is 0.0556. The van der Waals surface area contributed by atoms with Crippen LogP contribution in [0.25, 0.3) is 21.5 Å². The normalized spacial score (nSPS) is 12.6. The van der Waals surface area contributed by atoms with Crippen LogP contribution in [0, 0.1) is 30.3 Å². The summed E-state index contributed by atoms with van der Waals surface area (Å²) < 4.78 is 41.0. The number of nitrogens with two attached hydrogens (primary N) is 1. The van der Waals surface area contributed by atoms with E-state index in [0.717, 1.165) is 74.7 Å². The van der Waals surface area contributed by atoms with Gasteiger partial charge in [0.15, 0.2) is 17.2 Å². The fraction of sp³-hybridized carbons (Fsp3) is 0.338. The summed E-state index contributed by atoms with van der Waals surface area (Å²) in [5.74, 6) is 3.20. The number of nitrogen functional groups attached to an aromatic ring is 1. The third-order valence-electron chi connectivity index (χ3n) is 14.5. The van der Waals surface area contributed by atoms with Gasteiger partial charge in [0.1, 0.15) is 34.7 Å². The van der Waals surface area contributed by atoms with Crippen LogP contribution in [0.1, 0.15) is 85.3 Å². The van der Waals surface area contributed by atoms with Crippen molar-refractivity contribution in [3.63, 3.8) is 0 Å². The third-order valence-corrected chi connectivity index (χ3v) is 14.5. The summed E-state index contributed by atoms with van der Waals surface area (Å²) in [6, 6.07) is 30.4. The first-order valence-electron chi connectivity index (χ1n) is 29.6. The molecule has 3 N–H and O–H groups in total. The van der Waals surface area contributed by atoms with Crippen molar-refractivity contribution in [2.24, 2.45) is 0 Å². The van der Waals surface area contributed by atoms with Gasteiger partial charge < -0.3 is 58.7 Å². The van der Waals surface area contributed by atoms with Crippen LogP contribution in [0.4, 0.5) is 32.3 Å². The number of nitro benzene ring substituents is 3. The van der Waals surface area contributed by atoms with Gasteiger partial charge in [0.05, 0.1) is 68.5 Å². The molecule has 498 valence electrons. The van der Waals surface area contributed by atoms with Crippen molar-refractivity contribution in [2.45, 2.75) is 91.6 Å². The minimum absolute atomic E-state index is 0.0103. The number of nitro groups is 3. The number of rotatable bonds is 10. The molecule has 26 heteroatoms. The summed E-state index contributed by atoms with van der Waals surface area (Å²) in [4.78, 5) is 77.5. The number of amides is 2. The molecule has 0 bridgehead atoms. The second-order valence-corrected chi connectivity index (χ2v) is 23.0. The molecule has 2 amide bonds. The zero-order valence-electron chi connectivity index (χ0n) is 54.7. The van der Waals surface area contributed by atoms with Gasteiger partial charge in [-0.25, -0.2) is 9.59 Å². The molecule has 6 aromatic carbocycles. The van der Waals surface area contributed by atoms with E-state index < -0.39 is 27.1 Å². The predicted octanol–water partition coefficient (Wildman–Crippen LogP) is 12.6. The van der Waals surface area contributed by atoms with Crippen molar-refractivity contribution in [3.8, 4) is 34.5 Å². The largest absolute Gasteiger partial charge is 0.497 e. The van der Waals surface area contributed by atoms with Gasteiger partial charge in [0.25, 0.3) is 0 Å². The number of carbonyl (C=O) groups is 3. The second-order valence-electron chi connectivity index (χ2n) is 23.0. The van der Waals surface area contributed by atoms with E-state index in [1.807, 2.05) is 69.4 Å². The Kier molecular flexibility index (Phi) is 25.7. The summed E-state index contributed by atoms with van der Waals surface area (Å²) in [5, 5.41) is 39.9. The Hall–Kier alpha value is -10.9. The molecule has 2 aromatic heterocycles. The Labute approximate surface area is 544 Å². The topological polar surface area (TPSA) is 325 Å². The zero-order valence-corrected chi connectivity index (χ0v) is 54.7. The maximum absolute atomic E-state index is 12.1. The number of fused-ring (bicyclic) bond motifs is 5. The van der Waals surface area contributed by atoms with Crippen LogP contribution in [-0.2, 0) is 48.4 Å². The molecule has 0 radical (unpaired) electrons. The fourth-order valence-corrected chi connectivity index (χ4v) is 10.0. The Morgan fingerprint density at radius 2 is 0.968 bits per heavy atom. The fourth-order valence-electron chi connectivity index (χ4n) is 10.0. The molecular weight excluding hydrogens is 1210 g/mol. The summed E-state index contributed by atoms with van der Waals surface area (Å²) in [6.45, 7) is 14.3. The van der Waals surface area contributed by atoms with Gasteiger partial charge in [-0.1, -0.05) is 18.2 Å². The first kappa shape index (κ1) is 72.2. The van der Waals surface area contributed by atoms with E-state index in [1.165, 1.54) is 27.5 Å². The molecule has 8 aromatic rings. The lowest BCUT2D eigenvalue weighted by Gasteiger charge is -2.32. The number of benzene rings is 6. The highest BCUT2D eigenvalue weighted by molar-refractivity contribution is 5.93. The van der Waals surface area contributed by atoms with Gasteiger partial charge in [0.2, 0.25) is 0 Å². The van der Waals surface area contributed by atoms with Crippen LogP contribution in [-0.4, -0.2) is 127 Å². The predicted molar refractivity (Wildman–Crippen MR) is 354 cm³/mol. The van der Waals surface area contributed by atoms with Crippen molar-refractivity contribution in [1.29, 1.82) is 0 Å². The minimum atomic E-state index is -0.566. The molecule has 0 saturated heterocycles. The van der Waals surface area contributed by atoms with Gasteiger partial charge in [0, 0.05) is 85.0 Å². The highest BCUT2D eigenvalue weighted by Crippen LogP contribution is 2.39. The van der Waals surface area contributed by atoms with E-state index in [1.54, 1.807) is 125 Å². The summed E-state index contributed by atoms with van der Waals surface area (Å²) in [6.07, 6.45) is 8.66. The number of nitrogens with zero attached hydrogens (tertiary/aromatic N) is 7. The molecule has 3 aliphatic heterocycles. The molecule has 0 fully saturated rings. The Morgan fingerprint density at radius 1 is 0.521 bits per heavy atom. The van der Waals surface area contributed by atoms with Crippen molar-refractivity contribution in [3.05, 3.63) is 197 Å². The molecule has 94 heavy (non-hydrogen) atoms. The standard InChI is InChI=1S/C15H20N2O5.C15H22N2O3.C10H12N2O3.C10H8N2O3.C10H9NO.C8H8O2/c1-15(2,3)22-14(18)16-8-7-11-10(9-16)5-6-12(21-4)13(11)17(19)20;1-15(2,3)20-14(18)17-8-7-11-10(9-17)5-6-12(19-4)13(11)16;2*1-15-9-3-2-7-6-11-5-4-8(7)10(9)12(13)14;1-12-10-3-2-9-7-11-5-4-8(9)6-10;1-10-8-4-2-7(6-9)3-5-8/h5-6H,7-9H2,1-4H3;5-6H,7-9,16H2,1-4H3;2-3,11H,4-6H2,1H3;2-6H,1H3;2-7H,1H3;2-6H,1H3. The first-order chi connectivity index (χ1) is 44.8. The Balaban J connectivity index is 0.000000182. The molecule has 5 heterocycles. The van der Waals surface area contributed by atoms with Gasteiger partial charge in [-0.2, -0.15) is 0 Å². The average Bonchev–Trinajstić information content (AvgIpc) is 0.814. The van der Waals surface area contributed by atoms with Crippen LogP contribution < -0.4 is 39.5 Å². The molecule has 0 aliphatic carbocycles. The molecule has 3 aliphatic rings. The summed E-state index contributed by atoms with van der Waals surface area (Å²) >= 11 is 0. The van der Waals surface area contributed by atoms with E-state index in [-0.39, 0.29) is 39.6 Å². The van der Waals surface area contributed by atoms with E-state index >= 15 is 0 Å². The van der Waals surface area contributed by atoms with Gasteiger partial charge in [-0.05, 0) is 180 Å². The smallest absolute Gasteiger partial charge is 0.410 e. The van der Waals surface area contributed by atoms with Crippen LogP contribution >= 0.6 is 0 Å². The molecule has 0 saturated carbocycles. The highest BCUT2D eigenvalue weighted by atomic mass is 16.6. The molecular formula is C68H79N9O17. The van der Waals surface area contributed by atoms with Crippen LogP contribution in [0.2, 0.25) is 0 Å². The lowest BCUT2D eigenvalue weighted by molar-refractivity contribution is -0.386. The number of carbonyl (C=O) groups excluding carboxylic acids is 3. The average molecular weight is 1290 g/mol. The van der Waals surface area contributed by atoms with Crippen LogP contribution in [0.15, 0.2) is 128 Å². The Morgan fingerprint density at radius 3 is 1.48 bits per heavy atom. The van der Waals surface area contributed by atoms with Crippen molar-refractivity contribution in [1.82, 2.24) is 25.1 Å². The van der Waals surface area contributed by atoms with Crippen molar-refractivity contribution >= 4 is 62.8 Å². The molecule has 26 nitrogen and oxygen atoms in total. The second kappa shape index (κ2) is 33.4. The number of anilines is 1. The number of methoxy groups -OCH3 is 6. The molecule has 0 atom stereocenters. The van der Waals surface area contributed by atoms with Crippen molar-refractivity contribution in [2.75, 3.05) is 68.0 Å². The maximum atomic E-state index is 12.1. The SMILES string of the molecule is COc1ccc(C=O)cc1.COc1ccc2c(c1N)CCN(C(=O)OC(C)(C)C)C2.COc1ccc2c(c1[N+](=O)[O-])CCN(C(=O)OC(C)(C)C)C2.COc1ccc2c(c1[N+](=O)[O-])CCNC2.COc1ccc2cnccc2c1.COc1ccc2cnccc2c1[N+](=O)[O-]. The summed E-state index contributed by atoms with van der Waals surface area (Å²) in [5.41, 5.74) is 11.8. The lowest BCUT2D eigenvalue weighted by Crippen LogP contribution is -2.40. The highest BCUT2D eigenvalue weighted by Gasteiger charge is 2.33. The molecule has 0 spiro atoms. The first-order valence-corrected chi connectivity index (χ1v) is 29.6. The number of pyridine rings is 2. The lowest BCUT2D eigenvalue weighted by atomic mass is 9.97. The van der Waals surface area contributed by atoms with Gasteiger partial charge >= 0.3 is 29.2 Å². The van der Waals surface area contributed by atoms with E-state index in [4.69, 9.17) is 43.6 Å². The minimum Gasteiger partial charge on any atom is -0.497 e. The molecule has 11 rings (SSSR count). The monoisotopic (exact) mass is 1290 g/mol. The maximum Gasteiger partial charge on any atom is 0.410 e. The molecule has 0 unspecified atom stereocenters. The summed E-state index contributed by atoms with van der Waals surface area (Å²) in [7, 11) is 9.14. The van der Waals surface area contributed by atoms with Gasteiger partial charge in [-0.15, -0.1) is 0 Å². The number of nitrogens with one attached hydrogen (secondary N) is 1. The number of aromatic nitrogens is 2. The Bertz CT molecular complexity index is 3970. The number of hydrogen-bond acceptors (Lipinski definition) is 21. The number of hydrogen-bond donors (Lipinski definition) is 2. The van der Waals surface area contributed by atoms with E-state index in [2.05, 4.69) is 15.3 Å². The van der Waals surface area contributed by atoms with Crippen LogP contribution in [0.5, 0.6) is 34.5 Å². The third kappa shape index (κ3) is 19.6. The number of ether oxygens (including phenoxy) is 8. The van der Waals surface area contributed by atoms with Gasteiger partial charge in [-0.3, -0.25) is 45.1 Å². The van der Waals surface area contributed by atoms with E-state index in [0.29, 0.717) is 79.3 Å².